The fraction of sp³-hybridized carbons (Fsp3) is 0. The average molecular weight is 239 g/mol. The van der Waals surface area contributed by atoms with Gasteiger partial charge in [-0.15, -0.1) is 0 Å². The molecule has 0 aliphatic heterocycles. The van der Waals surface area contributed by atoms with Crippen LogP contribution in [0.25, 0.3) is 0 Å². The van der Waals surface area contributed by atoms with E-state index in [2.05, 4.69) is 10.3 Å². The van der Waals surface area contributed by atoms with Gasteiger partial charge in [0.15, 0.2) is 0 Å². The van der Waals surface area contributed by atoms with Gasteiger partial charge in [0.2, 0.25) is 0 Å². The molecule has 0 spiro atoms. The molecule has 0 aliphatic rings. The molecule has 0 aliphatic carbocycles. The maximum atomic E-state index is 11.6. The SMILES string of the molecule is O=C(Nc1ccc(Cl)cn1)c1ccsc1. The number of amides is 1. The van der Waals surface area contributed by atoms with Gasteiger partial charge in [-0.2, -0.15) is 11.3 Å². The molecule has 0 saturated carbocycles. The Bertz CT molecular complexity index is 453. The molecule has 2 heterocycles. The van der Waals surface area contributed by atoms with Gasteiger partial charge in [0, 0.05) is 11.6 Å². The first-order valence-corrected chi connectivity index (χ1v) is 5.53. The van der Waals surface area contributed by atoms with Crippen LogP contribution in [0.1, 0.15) is 10.4 Å². The quantitative estimate of drug-likeness (QED) is 0.874. The molecule has 3 nitrogen and oxygen atoms in total. The van der Waals surface area contributed by atoms with Crippen LogP contribution in [0.15, 0.2) is 35.2 Å². The van der Waals surface area contributed by atoms with Crippen LogP contribution in [-0.4, -0.2) is 10.9 Å². The Morgan fingerprint density at radius 1 is 1.40 bits per heavy atom. The topological polar surface area (TPSA) is 42.0 Å². The zero-order valence-electron chi connectivity index (χ0n) is 7.61. The van der Waals surface area contributed by atoms with E-state index in [-0.39, 0.29) is 5.91 Å². The lowest BCUT2D eigenvalue weighted by atomic mass is 10.3. The van der Waals surface area contributed by atoms with E-state index in [4.69, 9.17) is 11.6 Å². The first kappa shape index (κ1) is 10.1. The highest BCUT2D eigenvalue weighted by molar-refractivity contribution is 7.08. The number of halogens is 1. The standard InChI is InChI=1S/C10H7ClN2OS/c11-8-1-2-9(12-5-8)13-10(14)7-3-4-15-6-7/h1-6H,(H,12,13,14). The van der Waals surface area contributed by atoms with E-state index in [1.165, 1.54) is 17.5 Å². The Kier molecular flexibility index (Phi) is 2.99. The van der Waals surface area contributed by atoms with Crippen LogP contribution in [0.2, 0.25) is 5.02 Å². The molecule has 0 fully saturated rings. The second-order valence-electron chi connectivity index (χ2n) is 2.83. The molecular formula is C10H7ClN2OS. The highest BCUT2D eigenvalue weighted by Crippen LogP contribution is 2.12. The number of anilines is 1. The van der Waals surface area contributed by atoms with Crippen LogP contribution in [-0.2, 0) is 0 Å². The number of hydrogen-bond acceptors (Lipinski definition) is 3. The fourth-order valence-corrected chi connectivity index (χ4v) is 1.78. The summed E-state index contributed by atoms with van der Waals surface area (Å²) < 4.78 is 0. The molecule has 0 aromatic carbocycles. The minimum atomic E-state index is -0.161. The summed E-state index contributed by atoms with van der Waals surface area (Å²) in [5, 5.41) is 6.85. The normalized spacial score (nSPS) is 9.93. The van der Waals surface area contributed by atoms with E-state index in [1.54, 1.807) is 23.6 Å². The second-order valence-corrected chi connectivity index (χ2v) is 4.04. The van der Waals surface area contributed by atoms with Gasteiger partial charge in [-0.3, -0.25) is 4.79 Å². The lowest BCUT2D eigenvalue weighted by molar-refractivity contribution is 0.102. The van der Waals surface area contributed by atoms with Crippen molar-refractivity contribution in [3.63, 3.8) is 0 Å². The highest BCUT2D eigenvalue weighted by atomic mass is 35.5. The number of pyridine rings is 1. The second kappa shape index (κ2) is 4.42. The minimum absolute atomic E-state index is 0.161. The number of rotatable bonds is 2. The van der Waals surface area contributed by atoms with Crippen molar-refractivity contribution in [3.8, 4) is 0 Å². The predicted octanol–water partition coefficient (Wildman–Crippen LogP) is 3.05. The molecule has 0 atom stereocenters. The number of carbonyl (C=O) groups is 1. The van der Waals surface area contributed by atoms with Crippen molar-refractivity contribution in [1.29, 1.82) is 0 Å². The Morgan fingerprint density at radius 2 is 2.27 bits per heavy atom. The van der Waals surface area contributed by atoms with Gasteiger partial charge in [0.1, 0.15) is 5.82 Å². The van der Waals surface area contributed by atoms with E-state index in [0.29, 0.717) is 16.4 Å². The first-order valence-electron chi connectivity index (χ1n) is 4.21. The van der Waals surface area contributed by atoms with E-state index < -0.39 is 0 Å². The van der Waals surface area contributed by atoms with Gasteiger partial charge >= 0.3 is 0 Å². The van der Waals surface area contributed by atoms with Crippen molar-refractivity contribution in [2.75, 3.05) is 5.32 Å². The minimum Gasteiger partial charge on any atom is -0.307 e. The van der Waals surface area contributed by atoms with E-state index in [0.717, 1.165) is 0 Å². The Morgan fingerprint density at radius 3 is 2.87 bits per heavy atom. The predicted molar refractivity (Wildman–Crippen MR) is 61.5 cm³/mol. The summed E-state index contributed by atoms with van der Waals surface area (Å²) in [7, 11) is 0. The molecule has 2 aromatic rings. The molecular weight excluding hydrogens is 232 g/mol. The molecule has 2 rings (SSSR count). The van der Waals surface area contributed by atoms with Crippen LogP contribution in [0.4, 0.5) is 5.82 Å². The Labute approximate surface area is 95.7 Å². The number of nitrogens with one attached hydrogen (secondary N) is 1. The lowest BCUT2D eigenvalue weighted by Crippen LogP contribution is -2.11. The lowest BCUT2D eigenvalue weighted by Gasteiger charge is -2.01. The van der Waals surface area contributed by atoms with Gasteiger partial charge in [-0.05, 0) is 23.6 Å². The zero-order valence-corrected chi connectivity index (χ0v) is 9.18. The molecule has 0 unspecified atom stereocenters. The first-order chi connectivity index (χ1) is 7.25. The third kappa shape index (κ3) is 2.55. The highest BCUT2D eigenvalue weighted by Gasteiger charge is 2.06. The van der Waals surface area contributed by atoms with Crippen molar-refractivity contribution in [2.24, 2.45) is 0 Å². The van der Waals surface area contributed by atoms with Gasteiger partial charge in [-0.1, -0.05) is 11.6 Å². The molecule has 2 aromatic heterocycles. The van der Waals surface area contributed by atoms with Crippen LogP contribution < -0.4 is 5.32 Å². The van der Waals surface area contributed by atoms with Gasteiger partial charge < -0.3 is 5.32 Å². The van der Waals surface area contributed by atoms with Crippen molar-refractivity contribution in [2.45, 2.75) is 0 Å². The summed E-state index contributed by atoms with van der Waals surface area (Å²) in [6.07, 6.45) is 1.49. The summed E-state index contributed by atoms with van der Waals surface area (Å²) in [5.74, 6) is 0.335. The molecule has 1 amide bonds. The number of nitrogens with zero attached hydrogens (tertiary/aromatic N) is 1. The molecule has 0 radical (unpaired) electrons. The Hall–Kier alpha value is -1.39. The van der Waals surface area contributed by atoms with E-state index >= 15 is 0 Å². The maximum absolute atomic E-state index is 11.6. The number of aromatic nitrogens is 1. The van der Waals surface area contributed by atoms with E-state index in [9.17, 15) is 4.79 Å². The summed E-state index contributed by atoms with van der Waals surface area (Å²) in [5.41, 5.74) is 0.636. The molecule has 76 valence electrons. The van der Waals surface area contributed by atoms with Crippen LogP contribution in [0.3, 0.4) is 0 Å². The van der Waals surface area contributed by atoms with Crippen molar-refractivity contribution in [1.82, 2.24) is 4.98 Å². The molecule has 1 N–H and O–H groups in total. The monoisotopic (exact) mass is 238 g/mol. The molecule has 15 heavy (non-hydrogen) atoms. The Balaban J connectivity index is 2.09. The number of carbonyl (C=O) groups excluding carboxylic acids is 1. The summed E-state index contributed by atoms with van der Waals surface area (Å²) in [6.45, 7) is 0. The van der Waals surface area contributed by atoms with Crippen LogP contribution in [0, 0.1) is 0 Å². The molecule has 0 saturated heterocycles. The van der Waals surface area contributed by atoms with E-state index in [1.807, 2.05) is 5.38 Å². The van der Waals surface area contributed by atoms with Gasteiger partial charge in [0.25, 0.3) is 5.91 Å². The van der Waals surface area contributed by atoms with Crippen molar-refractivity contribution >= 4 is 34.7 Å². The molecule has 0 bridgehead atoms. The van der Waals surface area contributed by atoms with Crippen molar-refractivity contribution < 1.29 is 4.79 Å². The summed E-state index contributed by atoms with van der Waals surface area (Å²) >= 11 is 7.15. The molecule has 5 heteroatoms. The van der Waals surface area contributed by atoms with Gasteiger partial charge in [0.05, 0.1) is 10.6 Å². The fourth-order valence-electron chi connectivity index (χ4n) is 1.03. The number of thiophene rings is 1. The summed E-state index contributed by atoms with van der Waals surface area (Å²) in [6, 6.07) is 5.10. The summed E-state index contributed by atoms with van der Waals surface area (Å²) in [4.78, 5) is 15.6. The maximum Gasteiger partial charge on any atom is 0.257 e. The number of hydrogen-bond donors (Lipinski definition) is 1. The average Bonchev–Trinajstić information content (AvgIpc) is 2.74. The smallest absolute Gasteiger partial charge is 0.257 e. The van der Waals surface area contributed by atoms with Crippen molar-refractivity contribution in [3.05, 3.63) is 45.7 Å². The zero-order chi connectivity index (χ0) is 10.7. The third-order valence-electron chi connectivity index (χ3n) is 1.75. The third-order valence-corrected chi connectivity index (χ3v) is 2.66. The largest absolute Gasteiger partial charge is 0.307 e. The van der Waals surface area contributed by atoms with Crippen LogP contribution in [0.5, 0.6) is 0 Å². The van der Waals surface area contributed by atoms with Gasteiger partial charge in [-0.25, -0.2) is 4.98 Å². The van der Waals surface area contributed by atoms with Crippen LogP contribution >= 0.6 is 22.9 Å².